The Morgan fingerprint density at radius 3 is 1.91 bits per heavy atom. The third-order valence-corrected chi connectivity index (χ3v) is 4.93. The molecule has 0 saturated carbocycles. The molecule has 0 spiro atoms. The Morgan fingerprint density at radius 2 is 1.34 bits per heavy atom. The molecule has 0 atom stereocenters. The van der Waals surface area contributed by atoms with Gasteiger partial charge in [-0.15, -0.1) is 5.10 Å². The Labute approximate surface area is 202 Å². The number of para-hydroxylation sites is 1. The van der Waals surface area contributed by atoms with E-state index in [0.29, 0.717) is 41.7 Å². The Kier molecular flexibility index (Phi) is 7.37. The molecule has 3 aromatic carbocycles. The molecule has 1 heterocycles. The summed E-state index contributed by atoms with van der Waals surface area (Å²) in [6.45, 7) is 4.38. The lowest BCUT2D eigenvalue weighted by atomic mass is 10.2. The number of carbonyl (C=O) groups excluding carboxylic acids is 2. The van der Waals surface area contributed by atoms with E-state index >= 15 is 0 Å². The van der Waals surface area contributed by atoms with Gasteiger partial charge in [0.1, 0.15) is 11.5 Å². The minimum absolute atomic E-state index is 0.135. The van der Waals surface area contributed by atoms with Crippen molar-refractivity contribution in [2.45, 2.75) is 13.8 Å². The molecule has 178 valence electrons. The summed E-state index contributed by atoms with van der Waals surface area (Å²) in [5.74, 6) is 0.0200. The van der Waals surface area contributed by atoms with Crippen molar-refractivity contribution in [3.05, 3.63) is 90.3 Å². The number of hydrogen-bond donors (Lipinski definition) is 2. The predicted octanol–water partition coefficient (Wildman–Crippen LogP) is 4.57. The standard InChI is InChI=1S/C26H25N5O4/c1-3-34-23-16-21(29-26(33)22-17-27-31(30-22)19-13-9-6-10-14-19)24(35-4-2)15-20(23)28-25(32)18-11-7-5-8-12-18/h5-17H,3-4H2,1-2H3,(H,28,32)(H,29,33). The predicted molar refractivity (Wildman–Crippen MR) is 132 cm³/mol. The fourth-order valence-electron chi connectivity index (χ4n) is 3.33. The first-order valence-electron chi connectivity index (χ1n) is 11.2. The van der Waals surface area contributed by atoms with Crippen LogP contribution in [0, 0.1) is 0 Å². The Morgan fingerprint density at radius 1 is 0.800 bits per heavy atom. The van der Waals surface area contributed by atoms with Gasteiger partial charge in [0.25, 0.3) is 11.8 Å². The second-order valence-corrected chi connectivity index (χ2v) is 7.34. The number of benzene rings is 3. The van der Waals surface area contributed by atoms with Crippen LogP contribution in [0.2, 0.25) is 0 Å². The van der Waals surface area contributed by atoms with Gasteiger partial charge in [-0.3, -0.25) is 9.59 Å². The number of ether oxygens (including phenoxy) is 2. The van der Waals surface area contributed by atoms with Crippen LogP contribution in [0.3, 0.4) is 0 Å². The van der Waals surface area contributed by atoms with E-state index < -0.39 is 5.91 Å². The number of aromatic nitrogens is 3. The molecule has 0 aliphatic rings. The van der Waals surface area contributed by atoms with E-state index in [-0.39, 0.29) is 11.6 Å². The van der Waals surface area contributed by atoms with Gasteiger partial charge in [0.2, 0.25) is 0 Å². The normalized spacial score (nSPS) is 10.5. The number of amides is 2. The average Bonchev–Trinajstić information content (AvgIpc) is 3.38. The number of carbonyl (C=O) groups is 2. The van der Waals surface area contributed by atoms with Crippen LogP contribution < -0.4 is 20.1 Å². The number of nitrogens with one attached hydrogen (secondary N) is 2. The van der Waals surface area contributed by atoms with Crippen molar-refractivity contribution in [1.29, 1.82) is 0 Å². The van der Waals surface area contributed by atoms with Gasteiger partial charge in [-0.25, -0.2) is 0 Å². The van der Waals surface area contributed by atoms with Crippen molar-refractivity contribution in [2.75, 3.05) is 23.8 Å². The maximum atomic E-state index is 12.9. The number of rotatable bonds is 9. The van der Waals surface area contributed by atoms with Gasteiger partial charge in [-0.1, -0.05) is 36.4 Å². The molecule has 0 fully saturated rings. The monoisotopic (exact) mass is 471 g/mol. The van der Waals surface area contributed by atoms with E-state index in [1.54, 1.807) is 36.4 Å². The third-order valence-electron chi connectivity index (χ3n) is 4.93. The molecule has 9 heteroatoms. The van der Waals surface area contributed by atoms with Crippen LogP contribution in [-0.2, 0) is 0 Å². The molecule has 2 N–H and O–H groups in total. The molecule has 4 aromatic rings. The minimum Gasteiger partial charge on any atom is -0.492 e. The summed E-state index contributed by atoms with van der Waals surface area (Å²) >= 11 is 0. The summed E-state index contributed by atoms with van der Waals surface area (Å²) in [7, 11) is 0. The quantitative estimate of drug-likeness (QED) is 0.370. The maximum Gasteiger partial charge on any atom is 0.277 e. The van der Waals surface area contributed by atoms with Crippen molar-refractivity contribution in [2.24, 2.45) is 0 Å². The van der Waals surface area contributed by atoms with E-state index in [4.69, 9.17) is 9.47 Å². The number of nitrogens with zero attached hydrogens (tertiary/aromatic N) is 3. The summed E-state index contributed by atoms with van der Waals surface area (Å²) in [6.07, 6.45) is 1.39. The van der Waals surface area contributed by atoms with Gasteiger partial charge in [0, 0.05) is 17.7 Å². The molecule has 0 bridgehead atoms. The fourth-order valence-corrected chi connectivity index (χ4v) is 3.33. The molecule has 1 aromatic heterocycles. The van der Waals surface area contributed by atoms with Crippen molar-refractivity contribution in [3.8, 4) is 17.2 Å². The van der Waals surface area contributed by atoms with Crippen LogP contribution in [0.5, 0.6) is 11.5 Å². The lowest BCUT2D eigenvalue weighted by Gasteiger charge is -2.17. The first kappa shape index (κ1) is 23.5. The SMILES string of the molecule is CCOc1cc(NC(=O)c2cnn(-c3ccccc3)n2)c(OCC)cc1NC(=O)c1ccccc1. The molecule has 0 unspecified atom stereocenters. The van der Waals surface area contributed by atoms with Crippen LogP contribution in [0.1, 0.15) is 34.7 Å². The van der Waals surface area contributed by atoms with Gasteiger partial charge < -0.3 is 20.1 Å². The highest BCUT2D eigenvalue weighted by molar-refractivity contribution is 6.06. The fraction of sp³-hybridized carbons (Fsp3) is 0.154. The highest BCUT2D eigenvalue weighted by Gasteiger charge is 2.19. The van der Waals surface area contributed by atoms with Gasteiger partial charge in [-0.05, 0) is 38.1 Å². The summed E-state index contributed by atoms with van der Waals surface area (Å²) < 4.78 is 11.5. The number of hydrogen-bond acceptors (Lipinski definition) is 6. The highest BCUT2D eigenvalue weighted by atomic mass is 16.5. The van der Waals surface area contributed by atoms with Gasteiger partial charge in [0.05, 0.1) is 36.5 Å². The van der Waals surface area contributed by atoms with Crippen LogP contribution in [0.4, 0.5) is 11.4 Å². The first-order valence-corrected chi connectivity index (χ1v) is 11.2. The highest BCUT2D eigenvalue weighted by Crippen LogP contribution is 2.37. The van der Waals surface area contributed by atoms with Crippen molar-refractivity contribution < 1.29 is 19.1 Å². The molecule has 0 saturated heterocycles. The Hall–Kier alpha value is -4.66. The van der Waals surface area contributed by atoms with E-state index in [9.17, 15) is 9.59 Å². The van der Waals surface area contributed by atoms with Gasteiger partial charge in [-0.2, -0.15) is 9.90 Å². The zero-order valence-corrected chi connectivity index (χ0v) is 19.4. The molecule has 35 heavy (non-hydrogen) atoms. The van der Waals surface area contributed by atoms with Crippen molar-refractivity contribution in [1.82, 2.24) is 15.0 Å². The summed E-state index contributed by atoms with van der Waals surface area (Å²) in [5.41, 5.74) is 2.19. The zero-order chi connectivity index (χ0) is 24.6. The average molecular weight is 472 g/mol. The molecule has 0 aliphatic carbocycles. The van der Waals surface area contributed by atoms with Crippen LogP contribution >= 0.6 is 0 Å². The van der Waals surface area contributed by atoms with Gasteiger partial charge >= 0.3 is 0 Å². The lowest BCUT2D eigenvalue weighted by molar-refractivity contribution is 0.101. The van der Waals surface area contributed by atoms with E-state index in [2.05, 4.69) is 20.8 Å². The molecular weight excluding hydrogens is 446 g/mol. The topological polar surface area (TPSA) is 107 Å². The Balaban J connectivity index is 1.60. The molecule has 0 radical (unpaired) electrons. The molecule has 9 nitrogen and oxygen atoms in total. The molecule has 4 rings (SSSR count). The van der Waals surface area contributed by atoms with Crippen LogP contribution in [0.25, 0.3) is 5.69 Å². The van der Waals surface area contributed by atoms with Gasteiger partial charge in [0.15, 0.2) is 5.69 Å². The zero-order valence-electron chi connectivity index (χ0n) is 19.4. The second kappa shape index (κ2) is 11.0. The molecule has 0 aliphatic heterocycles. The number of anilines is 2. The van der Waals surface area contributed by atoms with Crippen molar-refractivity contribution >= 4 is 23.2 Å². The Bertz CT molecular complexity index is 1310. The summed E-state index contributed by atoms with van der Waals surface area (Å²) in [6, 6.07) is 21.4. The molecule has 2 amide bonds. The second-order valence-electron chi connectivity index (χ2n) is 7.34. The lowest BCUT2D eigenvalue weighted by Crippen LogP contribution is -2.16. The summed E-state index contributed by atoms with van der Waals surface area (Å²) in [5, 5.41) is 14.1. The molecular formula is C26H25N5O4. The van der Waals surface area contributed by atoms with E-state index in [0.717, 1.165) is 5.69 Å². The summed E-state index contributed by atoms with van der Waals surface area (Å²) in [4.78, 5) is 27.0. The van der Waals surface area contributed by atoms with Crippen LogP contribution in [-0.4, -0.2) is 40.0 Å². The largest absolute Gasteiger partial charge is 0.492 e. The van der Waals surface area contributed by atoms with Crippen molar-refractivity contribution in [3.63, 3.8) is 0 Å². The van der Waals surface area contributed by atoms with Crippen LogP contribution in [0.15, 0.2) is 79.0 Å². The first-order chi connectivity index (χ1) is 17.1. The van der Waals surface area contributed by atoms with E-state index in [1.807, 2.05) is 50.2 Å². The van der Waals surface area contributed by atoms with E-state index in [1.165, 1.54) is 11.0 Å². The minimum atomic E-state index is -0.461. The third kappa shape index (κ3) is 5.64. The smallest absolute Gasteiger partial charge is 0.277 e. The maximum absolute atomic E-state index is 12.9.